The Labute approximate surface area is 121 Å². The molecule has 1 saturated heterocycles. The highest BCUT2D eigenvalue weighted by molar-refractivity contribution is 9.10. The van der Waals surface area contributed by atoms with Gasteiger partial charge in [-0.2, -0.15) is 0 Å². The van der Waals surface area contributed by atoms with E-state index in [-0.39, 0.29) is 17.8 Å². The first kappa shape index (κ1) is 14.9. The molecule has 19 heavy (non-hydrogen) atoms. The van der Waals surface area contributed by atoms with Crippen molar-refractivity contribution >= 4 is 15.9 Å². The van der Waals surface area contributed by atoms with E-state index in [4.69, 9.17) is 9.84 Å². The highest BCUT2D eigenvalue weighted by Gasteiger charge is 2.33. The molecule has 0 bridgehead atoms. The normalized spacial score (nSPS) is 22.9. The lowest BCUT2D eigenvalue weighted by Gasteiger charge is -2.27. The van der Waals surface area contributed by atoms with E-state index < -0.39 is 0 Å². The molecule has 0 radical (unpaired) electrons. The van der Waals surface area contributed by atoms with Crippen LogP contribution in [0.2, 0.25) is 0 Å². The third-order valence-electron chi connectivity index (χ3n) is 3.65. The zero-order chi connectivity index (χ0) is 13.7. The Hall–Kier alpha value is -0.490. The highest BCUT2D eigenvalue weighted by atomic mass is 79.9. The number of nitrogens with one attached hydrogen (secondary N) is 1. The summed E-state index contributed by atoms with van der Waals surface area (Å²) in [4.78, 5) is 0. The number of aliphatic hydroxyl groups excluding tert-OH is 1. The summed E-state index contributed by atoms with van der Waals surface area (Å²) in [5.74, 6) is -0.228. The monoisotopic (exact) mass is 331 g/mol. The molecule has 0 saturated carbocycles. The number of hydrogen-bond donors (Lipinski definition) is 2. The smallest absolute Gasteiger partial charge is 0.123 e. The number of hydrogen-bond acceptors (Lipinski definition) is 3. The van der Waals surface area contributed by atoms with Gasteiger partial charge in [-0.25, -0.2) is 4.39 Å². The fraction of sp³-hybridized carbons (Fsp3) is 0.571. The molecule has 3 nitrogen and oxygen atoms in total. The molecule has 0 aromatic heterocycles. The number of halogens is 2. The van der Waals surface area contributed by atoms with Crippen LogP contribution in [0.15, 0.2) is 22.7 Å². The number of aliphatic hydroxyl groups is 1. The molecule has 0 unspecified atom stereocenters. The minimum absolute atomic E-state index is 0.0224. The Morgan fingerprint density at radius 2 is 2.32 bits per heavy atom. The second kappa shape index (κ2) is 6.79. The van der Waals surface area contributed by atoms with Crippen LogP contribution in [0.3, 0.4) is 0 Å². The van der Waals surface area contributed by atoms with Crippen LogP contribution in [-0.4, -0.2) is 31.5 Å². The van der Waals surface area contributed by atoms with E-state index in [1.807, 2.05) is 0 Å². The lowest BCUT2D eigenvalue weighted by Crippen LogP contribution is -2.35. The van der Waals surface area contributed by atoms with Crippen LogP contribution in [0.4, 0.5) is 4.39 Å². The van der Waals surface area contributed by atoms with Crippen molar-refractivity contribution < 1.29 is 14.2 Å². The van der Waals surface area contributed by atoms with Gasteiger partial charge < -0.3 is 15.2 Å². The van der Waals surface area contributed by atoms with Gasteiger partial charge >= 0.3 is 0 Å². The van der Waals surface area contributed by atoms with E-state index in [9.17, 15) is 4.39 Å². The van der Waals surface area contributed by atoms with Gasteiger partial charge in [-0.1, -0.05) is 15.9 Å². The standard InChI is InChI=1S/C14H19BrFNO2/c15-13-2-1-12(16)7-11(13)8-17-9-14(3-5-18)4-6-19-10-14/h1-2,7,17-18H,3-6,8-10H2/t14-/m0/s1. The van der Waals surface area contributed by atoms with Gasteiger partial charge in [0.05, 0.1) is 6.61 Å². The van der Waals surface area contributed by atoms with Crippen LogP contribution in [-0.2, 0) is 11.3 Å². The molecule has 1 fully saturated rings. The Balaban J connectivity index is 1.90. The maximum absolute atomic E-state index is 13.2. The van der Waals surface area contributed by atoms with Crippen LogP contribution in [0.25, 0.3) is 0 Å². The van der Waals surface area contributed by atoms with Gasteiger partial charge in [-0.15, -0.1) is 0 Å². The Morgan fingerprint density at radius 1 is 1.47 bits per heavy atom. The maximum atomic E-state index is 13.2. The highest BCUT2D eigenvalue weighted by Crippen LogP contribution is 2.31. The van der Waals surface area contributed by atoms with Crippen LogP contribution in [0, 0.1) is 11.2 Å². The van der Waals surface area contributed by atoms with Gasteiger partial charge in [0.25, 0.3) is 0 Å². The van der Waals surface area contributed by atoms with Crippen molar-refractivity contribution in [2.24, 2.45) is 5.41 Å². The molecule has 1 heterocycles. The van der Waals surface area contributed by atoms with Gasteiger partial charge in [-0.3, -0.25) is 0 Å². The van der Waals surface area contributed by atoms with E-state index in [1.54, 1.807) is 6.07 Å². The first-order valence-corrected chi connectivity index (χ1v) is 7.28. The Bertz CT molecular complexity index is 422. The second-order valence-corrected chi connectivity index (χ2v) is 5.97. The molecule has 0 aliphatic carbocycles. The third kappa shape index (κ3) is 3.99. The second-order valence-electron chi connectivity index (χ2n) is 5.12. The minimum Gasteiger partial charge on any atom is -0.396 e. The van der Waals surface area contributed by atoms with Crippen LogP contribution < -0.4 is 5.32 Å². The SMILES string of the molecule is OCC[C@@]1(CNCc2cc(F)ccc2Br)CCOC1. The van der Waals surface area contributed by atoms with Gasteiger partial charge in [0, 0.05) is 36.2 Å². The molecule has 106 valence electrons. The van der Waals surface area contributed by atoms with Gasteiger partial charge in [0.2, 0.25) is 0 Å². The molecule has 1 aliphatic rings. The average molecular weight is 332 g/mol. The topological polar surface area (TPSA) is 41.5 Å². The molecule has 1 aromatic carbocycles. The van der Waals surface area contributed by atoms with Crippen molar-refractivity contribution in [3.63, 3.8) is 0 Å². The molecule has 0 amide bonds. The van der Waals surface area contributed by atoms with Gasteiger partial charge in [-0.05, 0) is 36.6 Å². The summed E-state index contributed by atoms with van der Waals surface area (Å²) in [6.07, 6.45) is 1.70. The number of benzene rings is 1. The third-order valence-corrected chi connectivity index (χ3v) is 4.42. The summed E-state index contributed by atoms with van der Waals surface area (Å²) in [5.41, 5.74) is 0.923. The van der Waals surface area contributed by atoms with Crippen LogP contribution >= 0.6 is 15.9 Å². The first-order valence-electron chi connectivity index (χ1n) is 6.48. The molecule has 2 rings (SSSR count). The number of rotatable bonds is 6. The molecule has 0 spiro atoms. The molecule has 5 heteroatoms. The summed E-state index contributed by atoms with van der Waals surface area (Å²) in [7, 11) is 0. The molecular weight excluding hydrogens is 313 g/mol. The van der Waals surface area contributed by atoms with E-state index in [1.165, 1.54) is 12.1 Å². The zero-order valence-corrected chi connectivity index (χ0v) is 12.4. The van der Waals surface area contributed by atoms with Crippen LogP contribution in [0.5, 0.6) is 0 Å². The minimum atomic E-state index is -0.228. The quantitative estimate of drug-likeness (QED) is 0.841. The predicted molar refractivity (Wildman–Crippen MR) is 75.4 cm³/mol. The molecule has 1 aromatic rings. The van der Waals surface area contributed by atoms with Gasteiger partial charge in [0.15, 0.2) is 0 Å². The summed E-state index contributed by atoms with van der Waals surface area (Å²) in [6.45, 7) is 2.99. The molecule has 1 aliphatic heterocycles. The number of ether oxygens (including phenoxy) is 1. The van der Waals surface area contributed by atoms with Crippen molar-refractivity contribution in [2.45, 2.75) is 19.4 Å². The summed E-state index contributed by atoms with van der Waals surface area (Å²) in [5, 5.41) is 12.5. The first-order chi connectivity index (χ1) is 9.15. The summed E-state index contributed by atoms with van der Waals surface area (Å²) in [6, 6.07) is 4.68. The fourth-order valence-corrected chi connectivity index (χ4v) is 2.84. The van der Waals surface area contributed by atoms with Crippen molar-refractivity contribution in [1.29, 1.82) is 0 Å². The van der Waals surface area contributed by atoms with E-state index in [0.717, 1.165) is 36.0 Å². The lowest BCUT2D eigenvalue weighted by molar-refractivity contribution is 0.124. The Kier molecular flexibility index (Phi) is 5.33. The fourth-order valence-electron chi connectivity index (χ4n) is 2.45. The largest absolute Gasteiger partial charge is 0.396 e. The van der Waals surface area contributed by atoms with Crippen molar-refractivity contribution in [1.82, 2.24) is 5.32 Å². The van der Waals surface area contributed by atoms with Crippen molar-refractivity contribution in [3.05, 3.63) is 34.1 Å². The van der Waals surface area contributed by atoms with E-state index >= 15 is 0 Å². The molecule has 1 atom stereocenters. The lowest BCUT2D eigenvalue weighted by atomic mass is 9.84. The summed E-state index contributed by atoms with van der Waals surface area (Å²) >= 11 is 3.42. The average Bonchev–Trinajstić information content (AvgIpc) is 2.83. The maximum Gasteiger partial charge on any atom is 0.123 e. The van der Waals surface area contributed by atoms with E-state index in [0.29, 0.717) is 13.2 Å². The van der Waals surface area contributed by atoms with Crippen molar-refractivity contribution in [2.75, 3.05) is 26.4 Å². The van der Waals surface area contributed by atoms with E-state index in [2.05, 4.69) is 21.2 Å². The molecular formula is C14H19BrFNO2. The zero-order valence-electron chi connectivity index (χ0n) is 10.8. The Morgan fingerprint density at radius 3 is 3.00 bits per heavy atom. The van der Waals surface area contributed by atoms with Crippen LogP contribution in [0.1, 0.15) is 18.4 Å². The van der Waals surface area contributed by atoms with Crippen molar-refractivity contribution in [3.8, 4) is 0 Å². The van der Waals surface area contributed by atoms with Gasteiger partial charge in [0.1, 0.15) is 5.82 Å². The predicted octanol–water partition coefficient (Wildman–Crippen LogP) is 2.47. The summed E-state index contributed by atoms with van der Waals surface area (Å²) < 4.78 is 19.5. The molecule has 2 N–H and O–H groups in total.